The maximum Gasteiger partial charge on any atom is 0.243 e. The SMILES string of the molecule is CN(Cc1ccsc1)C(=O)C1(C#N)CCCC1. The van der Waals surface area contributed by atoms with Crippen LogP contribution < -0.4 is 0 Å². The lowest BCUT2D eigenvalue weighted by Gasteiger charge is -2.26. The van der Waals surface area contributed by atoms with Gasteiger partial charge in [0.2, 0.25) is 5.91 Å². The lowest BCUT2D eigenvalue weighted by Crippen LogP contribution is -2.39. The molecule has 0 saturated heterocycles. The van der Waals surface area contributed by atoms with Gasteiger partial charge in [-0.25, -0.2) is 0 Å². The van der Waals surface area contributed by atoms with Gasteiger partial charge in [-0.05, 0) is 35.2 Å². The molecule has 0 aliphatic heterocycles. The van der Waals surface area contributed by atoms with E-state index in [9.17, 15) is 10.1 Å². The van der Waals surface area contributed by atoms with Gasteiger partial charge in [0.15, 0.2) is 0 Å². The van der Waals surface area contributed by atoms with Crippen molar-refractivity contribution in [3.8, 4) is 6.07 Å². The van der Waals surface area contributed by atoms with Gasteiger partial charge >= 0.3 is 0 Å². The van der Waals surface area contributed by atoms with Gasteiger partial charge in [-0.3, -0.25) is 4.79 Å². The fraction of sp³-hybridized carbons (Fsp3) is 0.538. The average Bonchev–Trinajstić information content (AvgIpc) is 2.99. The molecular formula is C13H16N2OS. The van der Waals surface area contributed by atoms with E-state index in [0.29, 0.717) is 6.54 Å². The largest absolute Gasteiger partial charge is 0.340 e. The van der Waals surface area contributed by atoms with E-state index in [4.69, 9.17) is 0 Å². The zero-order valence-electron chi connectivity index (χ0n) is 9.98. The average molecular weight is 248 g/mol. The van der Waals surface area contributed by atoms with Gasteiger partial charge in [0, 0.05) is 13.6 Å². The first-order chi connectivity index (χ1) is 8.18. The Morgan fingerprint density at radius 1 is 1.59 bits per heavy atom. The number of nitrogens with zero attached hydrogens (tertiary/aromatic N) is 2. The van der Waals surface area contributed by atoms with E-state index < -0.39 is 5.41 Å². The Morgan fingerprint density at radius 2 is 2.29 bits per heavy atom. The molecule has 1 heterocycles. The van der Waals surface area contributed by atoms with Gasteiger partial charge in [0.05, 0.1) is 6.07 Å². The molecule has 1 amide bonds. The van der Waals surface area contributed by atoms with Crippen LogP contribution >= 0.6 is 11.3 Å². The number of carbonyl (C=O) groups excluding carboxylic acids is 1. The van der Waals surface area contributed by atoms with Crippen LogP contribution in [0, 0.1) is 16.7 Å². The molecule has 90 valence electrons. The molecule has 1 saturated carbocycles. The van der Waals surface area contributed by atoms with E-state index in [1.807, 2.05) is 16.8 Å². The lowest BCUT2D eigenvalue weighted by molar-refractivity contribution is -0.138. The smallest absolute Gasteiger partial charge is 0.243 e. The second-order valence-corrected chi connectivity index (χ2v) is 5.47. The first-order valence-corrected chi connectivity index (χ1v) is 6.80. The second-order valence-electron chi connectivity index (χ2n) is 4.69. The third kappa shape index (κ3) is 2.34. The molecule has 0 N–H and O–H groups in total. The molecule has 0 radical (unpaired) electrons. The fourth-order valence-electron chi connectivity index (χ4n) is 2.45. The fourth-order valence-corrected chi connectivity index (χ4v) is 3.11. The Morgan fingerprint density at radius 3 is 2.82 bits per heavy atom. The van der Waals surface area contributed by atoms with Gasteiger partial charge < -0.3 is 4.90 Å². The van der Waals surface area contributed by atoms with Crippen molar-refractivity contribution >= 4 is 17.2 Å². The first-order valence-electron chi connectivity index (χ1n) is 5.86. The van der Waals surface area contributed by atoms with E-state index in [1.165, 1.54) is 0 Å². The molecular weight excluding hydrogens is 232 g/mol. The van der Waals surface area contributed by atoms with Crippen molar-refractivity contribution in [3.05, 3.63) is 22.4 Å². The van der Waals surface area contributed by atoms with Crippen molar-refractivity contribution in [3.63, 3.8) is 0 Å². The number of amides is 1. The minimum Gasteiger partial charge on any atom is -0.340 e. The van der Waals surface area contributed by atoms with Crippen molar-refractivity contribution in [2.45, 2.75) is 32.2 Å². The summed E-state index contributed by atoms with van der Waals surface area (Å²) in [5.41, 5.74) is 0.391. The lowest BCUT2D eigenvalue weighted by atomic mass is 9.86. The highest BCUT2D eigenvalue weighted by atomic mass is 32.1. The van der Waals surface area contributed by atoms with E-state index in [-0.39, 0.29) is 5.91 Å². The molecule has 1 aliphatic carbocycles. The summed E-state index contributed by atoms with van der Waals surface area (Å²) in [4.78, 5) is 14.0. The van der Waals surface area contributed by atoms with E-state index in [0.717, 1.165) is 31.2 Å². The van der Waals surface area contributed by atoms with E-state index >= 15 is 0 Å². The number of hydrogen-bond donors (Lipinski definition) is 0. The standard InChI is InChI=1S/C13H16N2OS/c1-15(8-11-4-7-17-9-11)12(16)13(10-14)5-2-3-6-13/h4,7,9H,2-3,5-6,8H2,1H3. The quantitative estimate of drug-likeness (QED) is 0.825. The minimum atomic E-state index is -0.745. The Hall–Kier alpha value is -1.34. The summed E-state index contributed by atoms with van der Waals surface area (Å²) in [6.45, 7) is 0.603. The number of thiophene rings is 1. The molecule has 2 rings (SSSR count). The summed E-state index contributed by atoms with van der Waals surface area (Å²) in [7, 11) is 1.79. The zero-order valence-corrected chi connectivity index (χ0v) is 10.8. The molecule has 4 heteroatoms. The van der Waals surface area contributed by atoms with Crippen LogP contribution in [0.3, 0.4) is 0 Å². The van der Waals surface area contributed by atoms with Gasteiger partial charge in [-0.1, -0.05) is 12.8 Å². The van der Waals surface area contributed by atoms with Crippen LogP contribution in [0.2, 0.25) is 0 Å². The topological polar surface area (TPSA) is 44.1 Å². The van der Waals surface area contributed by atoms with Gasteiger partial charge in [-0.2, -0.15) is 16.6 Å². The van der Waals surface area contributed by atoms with Crippen LogP contribution in [-0.4, -0.2) is 17.9 Å². The Kier molecular flexibility index (Phi) is 3.49. The Balaban J connectivity index is 2.06. The first kappa shape index (κ1) is 12.1. The van der Waals surface area contributed by atoms with E-state index in [1.54, 1.807) is 23.3 Å². The van der Waals surface area contributed by atoms with Crippen LogP contribution in [0.1, 0.15) is 31.2 Å². The molecule has 0 atom stereocenters. The molecule has 17 heavy (non-hydrogen) atoms. The van der Waals surface area contributed by atoms with Crippen LogP contribution in [0.5, 0.6) is 0 Å². The summed E-state index contributed by atoms with van der Waals surface area (Å²) >= 11 is 1.63. The highest BCUT2D eigenvalue weighted by Gasteiger charge is 2.43. The van der Waals surface area contributed by atoms with Crippen LogP contribution in [0.4, 0.5) is 0 Å². The number of rotatable bonds is 3. The zero-order chi connectivity index (χ0) is 12.3. The normalized spacial score (nSPS) is 17.6. The van der Waals surface area contributed by atoms with Crippen LogP contribution in [-0.2, 0) is 11.3 Å². The van der Waals surface area contributed by atoms with Gasteiger partial charge in [0.1, 0.15) is 5.41 Å². The molecule has 1 aliphatic rings. The van der Waals surface area contributed by atoms with Crippen molar-refractivity contribution in [2.24, 2.45) is 5.41 Å². The molecule has 0 unspecified atom stereocenters. The van der Waals surface area contributed by atoms with Gasteiger partial charge in [0.25, 0.3) is 0 Å². The Bertz CT molecular complexity index is 427. The Labute approximate surface area is 106 Å². The molecule has 0 aromatic carbocycles. The molecule has 1 aromatic heterocycles. The predicted molar refractivity (Wildman–Crippen MR) is 67.3 cm³/mol. The van der Waals surface area contributed by atoms with Crippen molar-refractivity contribution < 1.29 is 4.79 Å². The number of nitriles is 1. The molecule has 1 fully saturated rings. The summed E-state index contributed by atoms with van der Waals surface area (Å²) in [6, 6.07) is 4.27. The van der Waals surface area contributed by atoms with Gasteiger partial charge in [-0.15, -0.1) is 0 Å². The van der Waals surface area contributed by atoms with Crippen molar-refractivity contribution in [1.29, 1.82) is 5.26 Å². The molecule has 0 spiro atoms. The minimum absolute atomic E-state index is 0.0105. The monoisotopic (exact) mass is 248 g/mol. The van der Waals surface area contributed by atoms with E-state index in [2.05, 4.69) is 6.07 Å². The van der Waals surface area contributed by atoms with Crippen molar-refractivity contribution in [1.82, 2.24) is 4.90 Å². The summed E-state index contributed by atoms with van der Waals surface area (Å²) in [5.74, 6) is -0.0105. The second kappa shape index (κ2) is 4.89. The highest BCUT2D eigenvalue weighted by molar-refractivity contribution is 7.07. The summed E-state index contributed by atoms with van der Waals surface area (Å²) in [6.07, 6.45) is 3.42. The number of carbonyl (C=O) groups is 1. The van der Waals surface area contributed by atoms with Crippen LogP contribution in [0.15, 0.2) is 16.8 Å². The maximum absolute atomic E-state index is 12.3. The predicted octanol–water partition coefficient (Wildman–Crippen LogP) is 2.79. The molecule has 1 aromatic rings. The van der Waals surface area contributed by atoms with Crippen LogP contribution in [0.25, 0.3) is 0 Å². The molecule has 3 nitrogen and oxygen atoms in total. The molecule has 0 bridgehead atoms. The number of hydrogen-bond acceptors (Lipinski definition) is 3. The third-order valence-electron chi connectivity index (χ3n) is 3.43. The third-order valence-corrected chi connectivity index (χ3v) is 4.16. The van der Waals surface area contributed by atoms with Crippen molar-refractivity contribution in [2.75, 3.05) is 7.05 Å². The highest BCUT2D eigenvalue weighted by Crippen LogP contribution is 2.39. The summed E-state index contributed by atoms with van der Waals surface area (Å²) in [5, 5.41) is 13.3. The maximum atomic E-state index is 12.3. The summed E-state index contributed by atoms with van der Waals surface area (Å²) < 4.78 is 0.